The lowest BCUT2D eigenvalue weighted by Crippen LogP contribution is -2.38. The summed E-state index contributed by atoms with van der Waals surface area (Å²) in [5, 5.41) is 18.4. The van der Waals surface area contributed by atoms with E-state index in [1.54, 1.807) is 0 Å². The molecule has 3 saturated heterocycles. The van der Waals surface area contributed by atoms with Crippen LogP contribution in [0.2, 0.25) is 0 Å². The minimum absolute atomic E-state index is 0.0165. The number of ether oxygens (including phenoxy) is 1. The summed E-state index contributed by atoms with van der Waals surface area (Å²) in [5.41, 5.74) is 1.37. The Morgan fingerprint density at radius 1 is 1.33 bits per heavy atom. The number of benzene rings is 1. The summed E-state index contributed by atoms with van der Waals surface area (Å²) >= 11 is 0. The van der Waals surface area contributed by atoms with Crippen LogP contribution in [-0.4, -0.2) is 62.3 Å². The van der Waals surface area contributed by atoms with Crippen LogP contribution in [0.25, 0.3) is 11.0 Å². The predicted molar refractivity (Wildman–Crippen MR) is 85.0 cm³/mol. The van der Waals surface area contributed by atoms with Gasteiger partial charge in [0.05, 0.1) is 18.2 Å². The van der Waals surface area contributed by atoms with Crippen molar-refractivity contribution in [2.75, 3.05) is 19.7 Å². The van der Waals surface area contributed by atoms with Crippen molar-refractivity contribution in [3.63, 3.8) is 0 Å². The van der Waals surface area contributed by atoms with Crippen molar-refractivity contribution in [1.29, 1.82) is 0 Å². The molecule has 0 aliphatic carbocycles. The quantitative estimate of drug-likeness (QED) is 0.884. The first-order valence-corrected chi connectivity index (χ1v) is 8.55. The zero-order valence-electron chi connectivity index (χ0n) is 13.3. The number of carbonyl (C=O) groups is 1. The van der Waals surface area contributed by atoms with E-state index in [0.29, 0.717) is 13.1 Å². The number of rotatable bonds is 3. The fraction of sp³-hybridized carbons (Fsp3) is 0.588. The number of aromatic nitrogens is 3. The zero-order chi connectivity index (χ0) is 16.3. The first-order chi connectivity index (χ1) is 11.7. The van der Waals surface area contributed by atoms with Crippen molar-refractivity contribution >= 4 is 16.9 Å². The molecule has 1 spiro atoms. The third-order valence-electron chi connectivity index (χ3n) is 5.95. The second kappa shape index (κ2) is 5.00. The van der Waals surface area contributed by atoms with Gasteiger partial charge in [0.1, 0.15) is 17.6 Å². The number of aliphatic hydroxyl groups excluding tert-OH is 1. The Morgan fingerprint density at radius 3 is 2.79 bits per heavy atom. The maximum absolute atomic E-state index is 12.7. The Bertz CT molecular complexity index is 773. The standard InChI is InChI=1S/C17H20N4O3/c22-9-11-12-7-20(10-17(12)6-5-15(11)24-17)16(23)8-21-18-13-3-1-2-4-14(13)19-21/h1-4,11-12,15,22H,5-10H2/t11-,12+,15+,17+/m1/s1. The van der Waals surface area contributed by atoms with Crippen LogP contribution >= 0.6 is 0 Å². The van der Waals surface area contributed by atoms with Gasteiger partial charge < -0.3 is 14.7 Å². The van der Waals surface area contributed by atoms with Gasteiger partial charge in [-0.3, -0.25) is 4.79 Å². The van der Waals surface area contributed by atoms with Crippen molar-refractivity contribution in [3.8, 4) is 0 Å². The first-order valence-electron chi connectivity index (χ1n) is 8.55. The molecular weight excluding hydrogens is 308 g/mol. The molecule has 0 unspecified atom stereocenters. The van der Waals surface area contributed by atoms with Crippen molar-refractivity contribution in [2.24, 2.45) is 11.8 Å². The summed E-state index contributed by atoms with van der Waals surface area (Å²) in [6.07, 6.45) is 2.16. The van der Waals surface area contributed by atoms with Crippen molar-refractivity contribution in [1.82, 2.24) is 19.9 Å². The highest BCUT2D eigenvalue weighted by Gasteiger charge is 2.63. The number of amides is 1. The molecule has 0 radical (unpaired) electrons. The van der Waals surface area contributed by atoms with E-state index in [2.05, 4.69) is 10.2 Å². The van der Waals surface area contributed by atoms with Gasteiger partial charge in [-0.05, 0) is 25.0 Å². The van der Waals surface area contributed by atoms with E-state index < -0.39 is 0 Å². The topological polar surface area (TPSA) is 80.5 Å². The monoisotopic (exact) mass is 328 g/mol. The lowest BCUT2D eigenvalue weighted by Gasteiger charge is -2.27. The zero-order valence-corrected chi connectivity index (χ0v) is 13.3. The molecule has 3 aliphatic heterocycles. The van der Waals surface area contributed by atoms with Crippen LogP contribution in [0.5, 0.6) is 0 Å². The average Bonchev–Trinajstić information content (AvgIpc) is 3.31. The Hall–Kier alpha value is -1.99. The molecule has 2 bridgehead atoms. The molecule has 7 nitrogen and oxygen atoms in total. The second-order valence-electron chi connectivity index (χ2n) is 7.21. The second-order valence-corrected chi connectivity index (χ2v) is 7.21. The predicted octanol–water partition coefficient (Wildman–Crippen LogP) is 0.430. The molecule has 5 rings (SSSR count). The van der Waals surface area contributed by atoms with E-state index in [1.807, 2.05) is 29.2 Å². The smallest absolute Gasteiger partial charge is 0.246 e. The average molecular weight is 328 g/mol. The Balaban J connectivity index is 1.33. The van der Waals surface area contributed by atoms with Gasteiger partial charge in [0.25, 0.3) is 0 Å². The van der Waals surface area contributed by atoms with Gasteiger partial charge in [0.15, 0.2) is 0 Å². The van der Waals surface area contributed by atoms with Crippen LogP contribution in [0.4, 0.5) is 0 Å². The summed E-state index contributed by atoms with van der Waals surface area (Å²) in [5.74, 6) is 0.444. The van der Waals surface area contributed by atoms with Crippen molar-refractivity contribution < 1.29 is 14.6 Å². The van der Waals surface area contributed by atoms with Crippen molar-refractivity contribution in [2.45, 2.75) is 31.1 Å². The highest BCUT2D eigenvalue weighted by molar-refractivity contribution is 5.77. The Labute approximate surface area is 139 Å². The maximum Gasteiger partial charge on any atom is 0.246 e. The van der Waals surface area contributed by atoms with E-state index in [-0.39, 0.29) is 42.6 Å². The maximum atomic E-state index is 12.7. The Kier molecular flexibility index (Phi) is 2.99. The number of hydrogen-bond donors (Lipinski definition) is 1. The number of carbonyl (C=O) groups excluding carboxylic acids is 1. The van der Waals surface area contributed by atoms with Crippen LogP contribution in [0.15, 0.2) is 24.3 Å². The van der Waals surface area contributed by atoms with Crippen molar-refractivity contribution in [3.05, 3.63) is 24.3 Å². The van der Waals surface area contributed by atoms with Gasteiger partial charge in [-0.25, -0.2) is 0 Å². The van der Waals surface area contributed by atoms with Gasteiger partial charge in [-0.1, -0.05) is 12.1 Å². The van der Waals surface area contributed by atoms with Crippen LogP contribution in [0.3, 0.4) is 0 Å². The van der Waals surface area contributed by atoms with Crippen LogP contribution in [0.1, 0.15) is 12.8 Å². The highest BCUT2D eigenvalue weighted by Crippen LogP contribution is 2.54. The summed E-state index contributed by atoms with van der Waals surface area (Å²) in [6, 6.07) is 7.60. The number of fused-ring (bicyclic) bond motifs is 2. The van der Waals surface area contributed by atoms with E-state index in [1.165, 1.54) is 4.80 Å². The molecule has 3 fully saturated rings. The molecule has 4 atom stereocenters. The third-order valence-corrected chi connectivity index (χ3v) is 5.95. The minimum Gasteiger partial charge on any atom is -0.396 e. The molecule has 1 aromatic heterocycles. The molecule has 2 aromatic rings. The molecule has 1 aromatic carbocycles. The highest BCUT2D eigenvalue weighted by atomic mass is 16.5. The van der Waals surface area contributed by atoms with Gasteiger partial charge in [-0.15, -0.1) is 0 Å². The lowest BCUT2D eigenvalue weighted by molar-refractivity contribution is -0.132. The molecule has 7 heteroatoms. The number of hydrogen-bond acceptors (Lipinski definition) is 5. The molecule has 1 N–H and O–H groups in total. The van der Waals surface area contributed by atoms with E-state index >= 15 is 0 Å². The van der Waals surface area contributed by atoms with Gasteiger partial charge in [-0.2, -0.15) is 15.0 Å². The van der Waals surface area contributed by atoms with Gasteiger partial charge >= 0.3 is 0 Å². The fourth-order valence-electron chi connectivity index (χ4n) is 4.82. The molecule has 4 heterocycles. The number of nitrogens with zero attached hydrogens (tertiary/aromatic N) is 4. The summed E-state index contributed by atoms with van der Waals surface area (Å²) in [7, 11) is 0. The molecular formula is C17H20N4O3. The van der Waals surface area contributed by atoms with Crippen LogP contribution in [0, 0.1) is 11.8 Å². The normalized spacial score (nSPS) is 34.2. The number of aliphatic hydroxyl groups is 1. The third kappa shape index (κ3) is 1.94. The summed E-state index contributed by atoms with van der Waals surface area (Å²) in [6.45, 7) is 1.58. The molecule has 1 amide bonds. The number of likely N-dealkylation sites (tertiary alicyclic amines) is 1. The largest absolute Gasteiger partial charge is 0.396 e. The van der Waals surface area contributed by atoms with Gasteiger partial charge in [0.2, 0.25) is 5.91 Å². The fourth-order valence-corrected chi connectivity index (χ4v) is 4.82. The molecule has 24 heavy (non-hydrogen) atoms. The lowest BCUT2D eigenvalue weighted by atomic mass is 9.74. The van der Waals surface area contributed by atoms with Crippen LogP contribution < -0.4 is 0 Å². The Morgan fingerprint density at radius 2 is 2.08 bits per heavy atom. The molecule has 0 saturated carbocycles. The molecule has 3 aliphatic rings. The first kappa shape index (κ1) is 14.4. The van der Waals surface area contributed by atoms with E-state index in [4.69, 9.17) is 4.74 Å². The summed E-state index contributed by atoms with van der Waals surface area (Å²) < 4.78 is 6.17. The molecule has 126 valence electrons. The minimum atomic E-state index is -0.226. The van der Waals surface area contributed by atoms with E-state index in [9.17, 15) is 9.90 Å². The van der Waals surface area contributed by atoms with E-state index in [0.717, 1.165) is 23.9 Å². The SMILES string of the molecule is O=C(Cn1nc2ccccc2n1)N1C[C@H]2[C@@H](CO)[C@@H]3CC[C@@]2(C1)O3. The summed E-state index contributed by atoms with van der Waals surface area (Å²) in [4.78, 5) is 16.0. The van der Waals surface area contributed by atoms with Crippen LogP contribution in [-0.2, 0) is 16.1 Å². The van der Waals surface area contributed by atoms with Gasteiger partial charge in [0, 0.05) is 25.0 Å².